The maximum Gasteiger partial charge on any atom is 0.328 e. The minimum Gasteiger partial charge on any atom is -0.467 e. The van der Waals surface area contributed by atoms with Gasteiger partial charge in [-0.1, -0.05) is 26.0 Å². The number of aromatic nitrogens is 2. The average Bonchev–Trinajstić information content (AvgIpc) is 2.64. The zero-order valence-electron chi connectivity index (χ0n) is 15.1. The molecule has 2 atom stereocenters. The minimum atomic E-state index is -0.860. The summed E-state index contributed by atoms with van der Waals surface area (Å²) in [5.41, 5.74) is 1.37. The predicted molar refractivity (Wildman–Crippen MR) is 95.3 cm³/mol. The van der Waals surface area contributed by atoms with Crippen LogP contribution in [0.4, 0.5) is 0 Å². The van der Waals surface area contributed by atoms with E-state index < -0.39 is 29.9 Å². The first-order valence-electron chi connectivity index (χ1n) is 8.24. The van der Waals surface area contributed by atoms with E-state index in [1.807, 2.05) is 6.07 Å². The standard InChI is InChI=1S/C18H22N4O4/c1-10(2)15(18(25)26-4)22-16(23)11(3)20-17(24)14-9-19-12-7-5-6-8-13(12)21-14/h5-11,15H,1-4H3,(H,20,24)(H,22,23). The Labute approximate surface area is 151 Å². The van der Waals surface area contributed by atoms with Crippen LogP contribution in [-0.2, 0) is 14.3 Å². The van der Waals surface area contributed by atoms with Crippen LogP contribution in [-0.4, -0.2) is 46.9 Å². The lowest BCUT2D eigenvalue weighted by molar-refractivity contribution is -0.146. The summed E-state index contributed by atoms with van der Waals surface area (Å²) in [6.07, 6.45) is 1.35. The van der Waals surface area contributed by atoms with Gasteiger partial charge in [-0.2, -0.15) is 0 Å². The molecule has 0 aliphatic rings. The zero-order chi connectivity index (χ0) is 19.3. The van der Waals surface area contributed by atoms with E-state index in [-0.39, 0.29) is 11.6 Å². The Morgan fingerprint density at radius 2 is 1.69 bits per heavy atom. The van der Waals surface area contributed by atoms with E-state index in [2.05, 4.69) is 25.3 Å². The molecular weight excluding hydrogens is 336 g/mol. The molecule has 2 N–H and O–H groups in total. The average molecular weight is 358 g/mol. The van der Waals surface area contributed by atoms with Crippen molar-refractivity contribution in [3.05, 3.63) is 36.2 Å². The van der Waals surface area contributed by atoms with Gasteiger partial charge in [0, 0.05) is 0 Å². The fourth-order valence-electron chi connectivity index (χ4n) is 2.31. The van der Waals surface area contributed by atoms with Crippen LogP contribution in [0.3, 0.4) is 0 Å². The number of para-hydroxylation sites is 2. The van der Waals surface area contributed by atoms with Crippen LogP contribution in [0.1, 0.15) is 31.3 Å². The summed E-state index contributed by atoms with van der Waals surface area (Å²) < 4.78 is 4.69. The smallest absolute Gasteiger partial charge is 0.328 e. The lowest BCUT2D eigenvalue weighted by atomic mass is 10.0. The Hall–Kier alpha value is -3.03. The lowest BCUT2D eigenvalue weighted by Gasteiger charge is -2.22. The predicted octanol–water partition coefficient (Wildman–Crippen LogP) is 1.06. The molecule has 0 saturated carbocycles. The van der Waals surface area contributed by atoms with E-state index in [0.29, 0.717) is 11.0 Å². The number of hydrogen-bond donors (Lipinski definition) is 2. The van der Waals surface area contributed by atoms with Gasteiger partial charge in [0.2, 0.25) is 5.91 Å². The fraction of sp³-hybridized carbons (Fsp3) is 0.389. The third-order valence-electron chi connectivity index (χ3n) is 3.84. The normalized spacial score (nSPS) is 13.1. The highest BCUT2D eigenvalue weighted by Gasteiger charge is 2.27. The quantitative estimate of drug-likeness (QED) is 0.747. The third kappa shape index (κ3) is 4.53. The number of nitrogens with one attached hydrogen (secondary N) is 2. The second-order valence-electron chi connectivity index (χ2n) is 6.19. The number of carbonyl (C=O) groups is 3. The molecule has 1 heterocycles. The van der Waals surface area contributed by atoms with Crippen molar-refractivity contribution in [3.63, 3.8) is 0 Å². The number of ether oxygens (including phenoxy) is 1. The summed E-state index contributed by atoms with van der Waals surface area (Å²) in [5.74, 6) is -1.70. The summed E-state index contributed by atoms with van der Waals surface area (Å²) in [5, 5.41) is 5.15. The molecule has 0 fully saturated rings. The van der Waals surface area contributed by atoms with Crippen molar-refractivity contribution in [2.24, 2.45) is 5.92 Å². The largest absolute Gasteiger partial charge is 0.467 e. The first-order chi connectivity index (χ1) is 12.3. The van der Waals surface area contributed by atoms with E-state index in [9.17, 15) is 14.4 Å². The Balaban J connectivity index is 2.04. The number of nitrogens with zero attached hydrogens (tertiary/aromatic N) is 2. The van der Waals surface area contributed by atoms with Crippen LogP contribution in [0.5, 0.6) is 0 Å². The first kappa shape index (κ1) is 19.3. The van der Waals surface area contributed by atoms with Gasteiger partial charge in [0.05, 0.1) is 24.3 Å². The highest BCUT2D eigenvalue weighted by Crippen LogP contribution is 2.09. The maximum atomic E-state index is 12.3. The Bertz CT molecular complexity index is 822. The number of methoxy groups -OCH3 is 1. The number of carbonyl (C=O) groups excluding carboxylic acids is 3. The molecule has 8 nitrogen and oxygen atoms in total. The molecule has 0 bridgehead atoms. The van der Waals surface area contributed by atoms with E-state index in [0.717, 1.165) is 0 Å². The molecule has 1 aromatic heterocycles. The molecule has 8 heteroatoms. The van der Waals surface area contributed by atoms with Crippen LogP contribution in [0, 0.1) is 5.92 Å². The molecule has 0 aliphatic heterocycles. The molecule has 0 aliphatic carbocycles. The van der Waals surface area contributed by atoms with Gasteiger partial charge in [-0.05, 0) is 25.0 Å². The molecule has 1 aromatic carbocycles. The van der Waals surface area contributed by atoms with E-state index in [4.69, 9.17) is 0 Å². The van der Waals surface area contributed by atoms with Crippen molar-refractivity contribution < 1.29 is 19.1 Å². The van der Waals surface area contributed by atoms with Crippen LogP contribution < -0.4 is 10.6 Å². The Kier molecular flexibility index (Phi) is 6.21. The molecule has 2 amide bonds. The van der Waals surface area contributed by atoms with Crippen LogP contribution in [0.15, 0.2) is 30.5 Å². The number of esters is 1. The topological polar surface area (TPSA) is 110 Å². The summed E-state index contributed by atoms with van der Waals surface area (Å²) in [7, 11) is 1.26. The van der Waals surface area contributed by atoms with Crippen molar-refractivity contribution in [1.82, 2.24) is 20.6 Å². The highest BCUT2D eigenvalue weighted by molar-refractivity contribution is 5.97. The van der Waals surface area contributed by atoms with Gasteiger partial charge in [-0.3, -0.25) is 14.6 Å². The second-order valence-corrected chi connectivity index (χ2v) is 6.19. The molecule has 138 valence electrons. The SMILES string of the molecule is COC(=O)C(NC(=O)C(C)NC(=O)c1cnc2ccccc2n1)C(C)C. The molecule has 2 unspecified atom stereocenters. The zero-order valence-corrected chi connectivity index (χ0v) is 15.1. The van der Waals surface area contributed by atoms with E-state index in [1.54, 1.807) is 32.0 Å². The number of benzene rings is 1. The summed E-state index contributed by atoms with van der Waals surface area (Å²) in [6.45, 7) is 5.10. The number of amides is 2. The van der Waals surface area contributed by atoms with Crippen LogP contribution in [0.2, 0.25) is 0 Å². The molecular formula is C18H22N4O4. The van der Waals surface area contributed by atoms with E-state index >= 15 is 0 Å². The molecule has 0 saturated heterocycles. The number of rotatable bonds is 6. The molecule has 2 aromatic rings. The van der Waals surface area contributed by atoms with Crippen LogP contribution >= 0.6 is 0 Å². The van der Waals surface area contributed by atoms with Gasteiger partial charge in [0.25, 0.3) is 5.91 Å². The maximum absolute atomic E-state index is 12.3. The van der Waals surface area contributed by atoms with Crippen molar-refractivity contribution in [2.75, 3.05) is 7.11 Å². The van der Waals surface area contributed by atoms with Crippen LogP contribution in [0.25, 0.3) is 11.0 Å². The molecule has 0 spiro atoms. The molecule has 0 radical (unpaired) electrons. The second kappa shape index (κ2) is 8.37. The number of fused-ring (bicyclic) bond motifs is 1. The lowest BCUT2D eigenvalue weighted by Crippen LogP contribution is -2.52. The first-order valence-corrected chi connectivity index (χ1v) is 8.24. The summed E-state index contributed by atoms with van der Waals surface area (Å²) in [6, 6.07) is 5.52. The monoisotopic (exact) mass is 358 g/mol. The van der Waals surface area contributed by atoms with Gasteiger partial charge in [-0.25, -0.2) is 9.78 Å². The number of hydrogen-bond acceptors (Lipinski definition) is 6. The summed E-state index contributed by atoms with van der Waals surface area (Å²) in [4.78, 5) is 44.8. The summed E-state index contributed by atoms with van der Waals surface area (Å²) >= 11 is 0. The van der Waals surface area contributed by atoms with Crippen molar-refractivity contribution >= 4 is 28.8 Å². The third-order valence-corrected chi connectivity index (χ3v) is 3.84. The van der Waals surface area contributed by atoms with Crippen molar-refractivity contribution in [2.45, 2.75) is 32.9 Å². The molecule has 26 heavy (non-hydrogen) atoms. The Morgan fingerprint density at radius 3 is 2.31 bits per heavy atom. The van der Waals surface area contributed by atoms with Gasteiger partial charge < -0.3 is 15.4 Å². The van der Waals surface area contributed by atoms with Gasteiger partial charge in [-0.15, -0.1) is 0 Å². The van der Waals surface area contributed by atoms with E-state index in [1.165, 1.54) is 20.2 Å². The fourth-order valence-corrected chi connectivity index (χ4v) is 2.31. The van der Waals surface area contributed by atoms with Crippen molar-refractivity contribution in [1.29, 1.82) is 0 Å². The van der Waals surface area contributed by atoms with Gasteiger partial charge in [0.1, 0.15) is 17.8 Å². The van der Waals surface area contributed by atoms with Gasteiger partial charge >= 0.3 is 5.97 Å². The van der Waals surface area contributed by atoms with Crippen molar-refractivity contribution in [3.8, 4) is 0 Å². The molecule has 2 rings (SSSR count). The Morgan fingerprint density at radius 1 is 1.04 bits per heavy atom. The van der Waals surface area contributed by atoms with Gasteiger partial charge in [0.15, 0.2) is 0 Å². The highest BCUT2D eigenvalue weighted by atomic mass is 16.5. The minimum absolute atomic E-state index is 0.108.